The van der Waals surface area contributed by atoms with Crippen molar-refractivity contribution in [2.45, 2.75) is 124 Å². The van der Waals surface area contributed by atoms with E-state index in [1.807, 2.05) is 4.90 Å². The van der Waals surface area contributed by atoms with E-state index < -0.39 is 0 Å². The quantitative estimate of drug-likeness (QED) is 0.218. The first-order chi connectivity index (χ1) is 12.8. The Morgan fingerprint density at radius 1 is 0.577 bits per heavy atom. The summed E-state index contributed by atoms with van der Waals surface area (Å²) in [4.78, 5) is 14.4. The van der Waals surface area contributed by atoms with Gasteiger partial charge in [0.15, 0.2) is 0 Å². The van der Waals surface area contributed by atoms with Crippen LogP contribution in [0.15, 0.2) is 0 Å². The minimum absolute atomic E-state index is 0.0791. The van der Waals surface area contributed by atoms with E-state index in [2.05, 4.69) is 20.8 Å². The molecule has 0 atom stereocenters. The Labute approximate surface area is 164 Å². The van der Waals surface area contributed by atoms with Gasteiger partial charge in [-0.25, -0.2) is 4.79 Å². The molecule has 0 N–H and O–H groups in total. The highest BCUT2D eigenvalue weighted by molar-refractivity contribution is 5.67. The largest absolute Gasteiger partial charge is 0.449 e. The van der Waals surface area contributed by atoms with Gasteiger partial charge in [0, 0.05) is 13.1 Å². The lowest BCUT2D eigenvalue weighted by Gasteiger charge is -2.22. The van der Waals surface area contributed by atoms with Crippen molar-refractivity contribution in [2.75, 3.05) is 19.7 Å². The summed E-state index contributed by atoms with van der Waals surface area (Å²) in [6.45, 7) is 9.04. The first-order valence-electron chi connectivity index (χ1n) is 11.7. The van der Waals surface area contributed by atoms with Crippen LogP contribution in [0, 0.1) is 0 Å². The topological polar surface area (TPSA) is 29.5 Å². The number of ether oxygens (including phenoxy) is 1. The minimum Gasteiger partial charge on any atom is -0.449 e. The number of hydrogen-bond donors (Lipinski definition) is 0. The number of carbonyl (C=O) groups is 1. The molecule has 0 heterocycles. The fourth-order valence-corrected chi connectivity index (χ4v) is 3.24. The average molecular weight is 370 g/mol. The smallest absolute Gasteiger partial charge is 0.409 e. The number of carbonyl (C=O) groups excluding carboxylic acids is 1. The number of hydrogen-bond acceptors (Lipinski definition) is 2. The summed E-state index contributed by atoms with van der Waals surface area (Å²) in [5.41, 5.74) is 0. The van der Waals surface area contributed by atoms with Crippen LogP contribution >= 0.6 is 0 Å². The fourth-order valence-electron chi connectivity index (χ4n) is 3.24. The molecule has 0 fully saturated rings. The molecule has 26 heavy (non-hydrogen) atoms. The van der Waals surface area contributed by atoms with Crippen molar-refractivity contribution in [3.8, 4) is 0 Å². The van der Waals surface area contributed by atoms with Crippen molar-refractivity contribution in [2.24, 2.45) is 0 Å². The Balaban J connectivity index is 3.98. The molecule has 0 aliphatic heterocycles. The van der Waals surface area contributed by atoms with Crippen LogP contribution in [0.3, 0.4) is 0 Å². The molecular formula is C23H47NO2. The van der Waals surface area contributed by atoms with Crippen molar-refractivity contribution in [3.05, 3.63) is 0 Å². The Morgan fingerprint density at radius 3 is 1.42 bits per heavy atom. The van der Waals surface area contributed by atoms with Crippen molar-refractivity contribution in [1.29, 1.82) is 0 Å². The lowest BCUT2D eigenvalue weighted by atomic mass is 10.1. The first kappa shape index (κ1) is 25.3. The molecule has 156 valence electrons. The molecule has 0 unspecified atom stereocenters. The summed E-state index contributed by atoms with van der Waals surface area (Å²) in [6.07, 6.45) is 19.7. The molecule has 1 amide bonds. The summed E-state index contributed by atoms with van der Waals surface area (Å²) >= 11 is 0. The van der Waals surface area contributed by atoms with Crippen molar-refractivity contribution in [3.63, 3.8) is 0 Å². The molecule has 3 nitrogen and oxygen atoms in total. The Morgan fingerprint density at radius 2 is 0.962 bits per heavy atom. The van der Waals surface area contributed by atoms with Gasteiger partial charge >= 0.3 is 6.09 Å². The van der Waals surface area contributed by atoms with Gasteiger partial charge < -0.3 is 9.64 Å². The van der Waals surface area contributed by atoms with Gasteiger partial charge in [-0.3, -0.25) is 0 Å². The predicted molar refractivity (Wildman–Crippen MR) is 114 cm³/mol. The maximum atomic E-state index is 12.4. The van der Waals surface area contributed by atoms with Gasteiger partial charge in [-0.2, -0.15) is 0 Å². The fraction of sp³-hybridized carbons (Fsp3) is 0.957. The maximum absolute atomic E-state index is 12.4. The van der Waals surface area contributed by atoms with E-state index in [4.69, 9.17) is 4.74 Å². The Hall–Kier alpha value is -0.730. The highest BCUT2D eigenvalue weighted by atomic mass is 16.6. The molecule has 0 aromatic carbocycles. The third-order valence-corrected chi connectivity index (χ3v) is 5.04. The summed E-state index contributed by atoms with van der Waals surface area (Å²) in [5.74, 6) is 0. The maximum Gasteiger partial charge on any atom is 0.409 e. The van der Waals surface area contributed by atoms with Crippen LogP contribution in [-0.4, -0.2) is 30.7 Å². The monoisotopic (exact) mass is 369 g/mol. The zero-order chi connectivity index (χ0) is 19.3. The molecule has 0 spiro atoms. The average Bonchev–Trinajstić information content (AvgIpc) is 2.65. The van der Waals surface area contributed by atoms with E-state index in [0.29, 0.717) is 6.61 Å². The summed E-state index contributed by atoms with van der Waals surface area (Å²) in [5, 5.41) is 0. The second kappa shape index (κ2) is 20.6. The van der Waals surface area contributed by atoms with Gasteiger partial charge in [-0.15, -0.1) is 0 Å². The van der Waals surface area contributed by atoms with Crippen LogP contribution < -0.4 is 0 Å². The van der Waals surface area contributed by atoms with Crippen molar-refractivity contribution in [1.82, 2.24) is 4.90 Å². The van der Waals surface area contributed by atoms with E-state index in [0.717, 1.165) is 32.4 Å². The summed E-state index contributed by atoms with van der Waals surface area (Å²) < 4.78 is 5.55. The van der Waals surface area contributed by atoms with Crippen LogP contribution in [0.5, 0.6) is 0 Å². The molecule has 0 rings (SSSR count). The van der Waals surface area contributed by atoms with E-state index >= 15 is 0 Å². The molecule has 0 bridgehead atoms. The zero-order valence-electron chi connectivity index (χ0n) is 18.2. The van der Waals surface area contributed by atoms with Crippen LogP contribution in [-0.2, 0) is 4.74 Å². The first-order valence-corrected chi connectivity index (χ1v) is 11.7. The number of unbranched alkanes of at least 4 members (excludes halogenated alkanes) is 13. The molecule has 0 aromatic heterocycles. The minimum atomic E-state index is -0.0791. The third-order valence-electron chi connectivity index (χ3n) is 5.04. The summed E-state index contributed by atoms with van der Waals surface area (Å²) in [7, 11) is 0. The van der Waals surface area contributed by atoms with Gasteiger partial charge in [0.05, 0.1) is 6.61 Å². The highest BCUT2D eigenvalue weighted by Crippen LogP contribution is 2.10. The van der Waals surface area contributed by atoms with E-state index in [1.165, 1.54) is 83.5 Å². The normalized spacial score (nSPS) is 10.9. The third kappa shape index (κ3) is 16.7. The Kier molecular flexibility index (Phi) is 20.0. The van der Waals surface area contributed by atoms with Crippen LogP contribution in [0.2, 0.25) is 0 Å². The molecule has 0 aliphatic rings. The molecule has 0 saturated heterocycles. The second-order valence-corrected chi connectivity index (χ2v) is 7.70. The molecule has 0 aliphatic carbocycles. The van der Waals surface area contributed by atoms with Gasteiger partial charge in [-0.05, 0) is 19.3 Å². The van der Waals surface area contributed by atoms with Gasteiger partial charge in [0.1, 0.15) is 0 Å². The van der Waals surface area contributed by atoms with Crippen LogP contribution in [0.1, 0.15) is 124 Å². The van der Waals surface area contributed by atoms with Crippen LogP contribution in [0.25, 0.3) is 0 Å². The second-order valence-electron chi connectivity index (χ2n) is 7.70. The standard InChI is InChI=1S/C23H47NO2/c1-4-7-10-13-16-19-22-26-23(25)24(20-17-14-11-8-5-2)21-18-15-12-9-6-3/h4-22H2,1-3H3. The van der Waals surface area contributed by atoms with E-state index in [-0.39, 0.29) is 6.09 Å². The summed E-state index contributed by atoms with van der Waals surface area (Å²) in [6, 6.07) is 0. The highest BCUT2D eigenvalue weighted by Gasteiger charge is 2.14. The molecule has 3 heteroatoms. The lowest BCUT2D eigenvalue weighted by Crippen LogP contribution is -2.33. The predicted octanol–water partition coefficient (Wildman–Crippen LogP) is 7.73. The van der Waals surface area contributed by atoms with E-state index in [9.17, 15) is 4.79 Å². The lowest BCUT2D eigenvalue weighted by molar-refractivity contribution is 0.0989. The van der Waals surface area contributed by atoms with Crippen LogP contribution in [0.4, 0.5) is 4.79 Å². The molecule has 0 radical (unpaired) electrons. The van der Waals surface area contributed by atoms with Crippen molar-refractivity contribution >= 4 is 6.09 Å². The number of rotatable bonds is 19. The molecular weight excluding hydrogens is 322 g/mol. The Bertz CT molecular complexity index is 280. The number of nitrogens with zero attached hydrogens (tertiary/aromatic N) is 1. The molecule has 0 saturated carbocycles. The van der Waals surface area contributed by atoms with E-state index in [1.54, 1.807) is 0 Å². The van der Waals surface area contributed by atoms with Gasteiger partial charge in [0.25, 0.3) is 0 Å². The SMILES string of the molecule is CCCCCCCCOC(=O)N(CCCCCCC)CCCCCCC. The number of amides is 1. The van der Waals surface area contributed by atoms with Gasteiger partial charge in [-0.1, -0.05) is 104 Å². The molecule has 0 aromatic rings. The van der Waals surface area contributed by atoms with Gasteiger partial charge in [0.2, 0.25) is 0 Å². The van der Waals surface area contributed by atoms with Crippen molar-refractivity contribution < 1.29 is 9.53 Å². The zero-order valence-corrected chi connectivity index (χ0v) is 18.2.